The van der Waals surface area contributed by atoms with Gasteiger partial charge in [0.15, 0.2) is 0 Å². The van der Waals surface area contributed by atoms with Gasteiger partial charge in [-0.3, -0.25) is 9.59 Å². The largest absolute Gasteiger partial charge is 0.509 e. The molecule has 2 aliphatic heterocycles. The fourth-order valence-corrected chi connectivity index (χ4v) is 4.11. The Kier molecular flexibility index (Phi) is 5.92. The molecule has 1 aromatic rings. The third-order valence-electron chi connectivity index (χ3n) is 5.75. The molecule has 1 fully saturated rings. The highest BCUT2D eigenvalue weighted by Crippen LogP contribution is 2.28. The molecule has 0 spiro atoms. The molecule has 2 heterocycles. The number of nitrogens with one attached hydrogen (secondary N) is 2. The maximum absolute atomic E-state index is 13.3. The van der Waals surface area contributed by atoms with Gasteiger partial charge in [-0.2, -0.15) is 0 Å². The zero-order valence-electron chi connectivity index (χ0n) is 18.0. The van der Waals surface area contributed by atoms with E-state index in [2.05, 4.69) is 31.4 Å². The molecular weight excluding hydrogens is 366 g/mol. The number of hydrogen-bond donors (Lipinski definition) is 3. The Bertz CT molecular complexity index is 793. The summed E-state index contributed by atoms with van der Waals surface area (Å²) in [4.78, 5) is 27.8. The Morgan fingerprint density at radius 1 is 1.24 bits per heavy atom. The van der Waals surface area contributed by atoms with E-state index >= 15 is 0 Å². The van der Waals surface area contributed by atoms with Crippen molar-refractivity contribution in [3.05, 3.63) is 47.4 Å². The molecule has 2 amide bonds. The molecule has 0 aromatic heterocycles. The van der Waals surface area contributed by atoms with Crippen LogP contribution in [-0.2, 0) is 10.2 Å². The van der Waals surface area contributed by atoms with Crippen LogP contribution in [0.2, 0.25) is 0 Å². The summed E-state index contributed by atoms with van der Waals surface area (Å²) in [5.74, 6) is 0.0593. The summed E-state index contributed by atoms with van der Waals surface area (Å²) >= 11 is 0. The van der Waals surface area contributed by atoms with E-state index in [4.69, 9.17) is 0 Å². The zero-order chi connectivity index (χ0) is 21.3. The van der Waals surface area contributed by atoms with E-state index < -0.39 is 6.04 Å². The number of benzene rings is 1. The number of rotatable bonds is 5. The Morgan fingerprint density at radius 3 is 2.48 bits per heavy atom. The van der Waals surface area contributed by atoms with Crippen LogP contribution in [0.1, 0.15) is 63.4 Å². The lowest BCUT2D eigenvalue weighted by molar-refractivity contribution is -0.134. The van der Waals surface area contributed by atoms with Crippen LogP contribution in [0.4, 0.5) is 0 Å². The van der Waals surface area contributed by atoms with Gasteiger partial charge in [0.05, 0.1) is 6.04 Å². The first-order chi connectivity index (χ1) is 13.6. The number of nitrogens with zero attached hydrogens (tertiary/aromatic N) is 1. The van der Waals surface area contributed by atoms with Gasteiger partial charge in [0.2, 0.25) is 5.91 Å². The predicted molar refractivity (Wildman–Crippen MR) is 114 cm³/mol. The minimum absolute atomic E-state index is 0.0162. The molecule has 3 rings (SSSR count). The molecule has 3 N–H and O–H groups in total. The molecule has 2 unspecified atom stereocenters. The first-order valence-corrected chi connectivity index (χ1v) is 10.4. The summed E-state index contributed by atoms with van der Waals surface area (Å²) in [6.45, 7) is 11.0. The van der Waals surface area contributed by atoms with Crippen LogP contribution >= 0.6 is 0 Å². The SMILES string of the molecule is CC(C)C[C@H](NC(=O)c1ccc(C(C)(C)C)cc1)C(=O)N1CCC2NC=C(O)C21. The van der Waals surface area contributed by atoms with E-state index in [9.17, 15) is 14.7 Å². The Labute approximate surface area is 173 Å². The van der Waals surface area contributed by atoms with Gasteiger partial charge in [-0.05, 0) is 41.9 Å². The minimum Gasteiger partial charge on any atom is -0.509 e. The number of carbonyl (C=O) groups excluding carboxylic acids is 2. The van der Waals surface area contributed by atoms with E-state index in [1.54, 1.807) is 11.1 Å². The van der Waals surface area contributed by atoms with Crippen molar-refractivity contribution in [3.63, 3.8) is 0 Å². The molecule has 6 heteroatoms. The second-order valence-electron chi connectivity index (χ2n) is 9.59. The summed E-state index contributed by atoms with van der Waals surface area (Å²) in [5, 5.41) is 16.2. The molecule has 1 saturated heterocycles. The van der Waals surface area contributed by atoms with Crippen molar-refractivity contribution in [2.45, 2.75) is 71.0 Å². The lowest BCUT2D eigenvalue weighted by Crippen LogP contribution is -2.52. The standard InChI is InChI=1S/C23H33N3O3/c1-14(2)12-18(22(29)26-11-10-17-20(26)19(27)13-24-17)25-21(28)15-6-8-16(9-7-15)23(3,4)5/h6-9,13-14,17-18,20,24,27H,10-12H2,1-5H3,(H,25,28)/t17?,18-,20?/m0/s1. The number of likely N-dealkylation sites (tertiary alicyclic amines) is 1. The molecule has 29 heavy (non-hydrogen) atoms. The topological polar surface area (TPSA) is 81.7 Å². The van der Waals surface area contributed by atoms with Crippen molar-refractivity contribution in [2.75, 3.05) is 6.54 Å². The first kappa shape index (κ1) is 21.2. The molecule has 158 valence electrons. The lowest BCUT2D eigenvalue weighted by Gasteiger charge is -2.29. The molecular formula is C23H33N3O3. The summed E-state index contributed by atoms with van der Waals surface area (Å²) in [5.41, 5.74) is 1.72. The Balaban J connectivity index is 1.74. The van der Waals surface area contributed by atoms with Crippen LogP contribution in [-0.4, -0.2) is 46.5 Å². The highest BCUT2D eigenvalue weighted by Gasteiger charge is 2.44. The third-order valence-corrected chi connectivity index (χ3v) is 5.75. The Hall–Kier alpha value is -2.50. The quantitative estimate of drug-likeness (QED) is 0.711. The second kappa shape index (κ2) is 8.09. The normalized spacial score (nSPS) is 22.1. The second-order valence-corrected chi connectivity index (χ2v) is 9.59. The summed E-state index contributed by atoms with van der Waals surface area (Å²) < 4.78 is 0. The number of aliphatic hydroxyl groups excluding tert-OH is 1. The van der Waals surface area contributed by atoms with Crippen LogP contribution in [0.25, 0.3) is 0 Å². The average Bonchev–Trinajstić information content (AvgIpc) is 3.23. The molecule has 0 bridgehead atoms. The van der Waals surface area contributed by atoms with Gasteiger partial charge >= 0.3 is 0 Å². The van der Waals surface area contributed by atoms with Crippen molar-refractivity contribution in [1.82, 2.24) is 15.5 Å². The fraction of sp³-hybridized carbons (Fsp3) is 0.565. The molecule has 3 atom stereocenters. The highest BCUT2D eigenvalue weighted by atomic mass is 16.3. The summed E-state index contributed by atoms with van der Waals surface area (Å²) in [6, 6.07) is 6.66. The van der Waals surface area contributed by atoms with E-state index in [1.807, 2.05) is 38.1 Å². The monoisotopic (exact) mass is 399 g/mol. The number of amides is 2. The summed E-state index contributed by atoms with van der Waals surface area (Å²) in [7, 11) is 0. The van der Waals surface area contributed by atoms with Gasteiger partial charge in [-0.25, -0.2) is 0 Å². The van der Waals surface area contributed by atoms with Gasteiger partial charge in [-0.15, -0.1) is 0 Å². The molecule has 0 radical (unpaired) electrons. The lowest BCUT2D eigenvalue weighted by atomic mass is 9.86. The zero-order valence-corrected chi connectivity index (χ0v) is 18.0. The van der Waals surface area contributed by atoms with E-state index in [1.165, 1.54) is 0 Å². The maximum atomic E-state index is 13.3. The maximum Gasteiger partial charge on any atom is 0.251 e. The highest BCUT2D eigenvalue weighted by molar-refractivity contribution is 5.97. The molecule has 0 saturated carbocycles. The first-order valence-electron chi connectivity index (χ1n) is 10.4. The van der Waals surface area contributed by atoms with Crippen molar-refractivity contribution >= 4 is 11.8 Å². The number of carbonyl (C=O) groups is 2. The van der Waals surface area contributed by atoms with Crippen LogP contribution in [0.5, 0.6) is 0 Å². The number of fused-ring (bicyclic) bond motifs is 1. The van der Waals surface area contributed by atoms with E-state index in [0.29, 0.717) is 18.5 Å². The molecule has 6 nitrogen and oxygen atoms in total. The minimum atomic E-state index is -0.614. The predicted octanol–water partition coefficient (Wildman–Crippen LogP) is 3.10. The van der Waals surface area contributed by atoms with Crippen LogP contribution in [0.3, 0.4) is 0 Å². The smallest absolute Gasteiger partial charge is 0.251 e. The van der Waals surface area contributed by atoms with E-state index in [0.717, 1.165) is 12.0 Å². The van der Waals surface area contributed by atoms with Gasteiger partial charge < -0.3 is 20.6 Å². The van der Waals surface area contributed by atoms with Crippen LogP contribution < -0.4 is 10.6 Å². The van der Waals surface area contributed by atoms with Crippen molar-refractivity contribution in [1.29, 1.82) is 0 Å². The van der Waals surface area contributed by atoms with Gasteiger partial charge in [0.25, 0.3) is 5.91 Å². The average molecular weight is 400 g/mol. The van der Waals surface area contributed by atoms with E-state index in [-0.39, 0.29) is 41.0 Å². The Morgan fingerprint density at radius 2 is 1.90 bits per heavy atom. The number of hydrogen-bond acceptors (Lipinski definition) is 4. The summed E-state index contributed by atoms with van der Waals surface area (Å²) in [6.07, 6.45) is 2.91. The van der Waals surface area contributed by atoms with Crippen molar-refractivity contribution in [2.24, 2.45) is 5.92 Å². The number of aliphatic hydroxyl groups is 1. The van der Waals surface area contributed by atoms with Crippen LogP contribution in [0, 0.1) is 5.92 Å². The van der Waals surface area contributed by atoms with Gasteiger partial charge in [0.1, 0.15) is 17.8 Å². The molecule has 2 aliphatic rings. The van der Waals surface area contributed by atoms with Crippen molar-refractivity contribution in [3.8, 4) is 0 Å². The fourth-order valence-electron chi connectivity index (χ4n) is 4.11. The third kappa shape index (κ3) is 4.57. The van der Waals surface area contributed by atoms with Gasteiger partial charge in [-0.1, -0.05) is 46.8 Å². The molecule has 0 aliphatic carbocycles. The van der Waals surface area contributed by atoms with Gasteiger partial charge in [0, 0.05) is 18.3 Å². The van der Waals surface area contributed by atoms with Crippen molar-refractivity contribution < 1.29 is 14.7 Å². The molecule has 1 aromatic carbocycles. The van der Waals surface area contributed by atoms with Crippen LogP contribution in [0.15, 0.2) is 36.2 Å².